The molecule has 3 N–H and O–H groups in total. The number of nitro groups is 1. The fraction of sp³-hybridized carbons (Fsp3) is 0.222. The summed E-state index contributed by atoms with van der Waals surface area (Å²) in [4.78, 5) is 20.4. The van der Waals surface area contributed by atoms with E-state index in [-0.39, 0.29) is 11.4 Å². The first-order chi connectivity index (χ1) is 8.42. The van der Waals surface area contributed by atoms with Crippen LogP contribution >= 0.6 is 35.1 Å². The smallest absolute Gasteiger partial charge is 0.321 e. The molecule has 1 atom stereocenters. The van der Waals surface area contributed by atoms with E-state index < -0.39 is 16.9 Å². The number of non-ortho nitro benzene ring substituents is 1. The second kappa shape index (κ2) is 9.09. The van der Waals surface area contributed by atoms with Crippen molar-refractivity contribution in [3.8, 4) is 0 Å². The van der Waals surface area contributed by atoms with Crippen LogP contribution in [-0.2, 0) is 4.79 Å². The van der Waals surface area contributed by atoms with Gasteiger partial charge in [-0.1, -0.05) is 10.8 Å². The second-order valence-electron chi connectivity index (χ2n) is 2.97. The fourth-order valence-corrected chi connectivity index (χ4v) is 1.49. The van der Waals surface area contributed by atoms with E-state index in [9.17, 15) is 14.9 Å². The summed E-state index contributed by atoms with van der Waals surface area (Å²) in [5, 5.41) is 18.2. The molecule has 0 fully saturated rings. The summed E-state index contributed by atoms with van der Waals surface area (Å²) in [5.74, 6) is -0.815. The Labute approximate surface area is 118 Å². The molecule has 0 radical (unpaired) electrons. The predicted molar refractivity (Wildman–Crippen MR) is 77.4 cm³/mol. The minimum Gasteiger partial charge on any atom is -0.480 e. The van der Waals surface area contributed by atoms with Gasteiger partial charge in [0.15, 0.2) is 0 Å². The third-order valence-electron chi connectivity index (χ3n) is 1.67. The topological polar surface area (TPSA) is 106 Å². The summed E-state index contributed by atoms with van der Waals surface area (Å²) in [5.41, 5.74) is 5.05. The molecule has 0 saturated heterocycles. The number of hydrogen-bond acceptors (Lipinski definition) is 7. The predicted octanol–water partition coefficient (Wildman–Crippen LogP) is 1.86. The standard InChI is InChI=1S/C6H5NO2S2.C3H7NO2S/c8-7(9)5-1-3-6(11-10)4-2-5;4-2(1-7)3(5)6/h1-4,10H;2,7H,1,4H2,(H,5,6). The van der Waals surface area contributed by atoms with Crippen molar-refractivity contribution < 1.29 is 14.8 Å². The van der Waals surface area contributed by atoms with Gasteiger partial charge in [0, 0.05) is 22.8 Å². The van der Waals surface area contributed by atoms with Crippen LogP contribution in [0.3, 0.4) is 0 Å². The number of hydrogen-bond donors (Lipinski definition) is 4. The maximum Gasteiger partial charge on any atom is 0.321 e. The quantitative estimate of drug-likeness (QED) is 0.293. The molecule has 18 heavy (non-hydrogen) atoms. The van der Waals surface area contributed by atoms with Crippen molar-refractivity contribution in [3.63, 3.8) is 0 Å². The zero-order valence-electron chi connectivity index (χ0n) is 9.09. The van der Waals surface area contributed by atoms with Crippen molar-refractivity contribution in [1.82, 2.24) is 0 Å². The molecule has 0 aliphatic rings. The number of aliphatic carboxylic acids is 1. The minimum absolute atomic E-state index is 0.108. The molecule has 1 aromatic rings. The molecule has 0 heterocycles. The van der Waals surface area contributed by atoms with E-state index >= 15 is 0 Å². The Morgan fingerprint density at radius 3 is 2.22 bits per heavy atom. The fourth-order valence-electron chi connectivity index (χ4n) is 0.707. The summed E-state index contributed by atoms with van der Waals surface area (Å²) in [6.07, 6.45) is 0. The molecule has 0 aromatic heterocycles. The maximum atomic E-state index is 10.2. The molecule has 0 saturated carbocycles. The highest BCUT2D eigenvalue weighted by atomic mass is 33.1. The Hall–Kier alpha value is -0.900. The van der Waals surface area contributed by atoms with Crippen molar-refractivity contribution in [1.29, 1.82) is 0 Å². The number of rotatable bonds is 4. The maximum absolute atomic E-state index is 10.2. The van der Waals surface area contributed by atoms with Gasteiger partial charge in [-0.3, -0.25) is 14.9 Å². The number of nitrogens with two attached hydrogens (primary N) is 1. The number of nitro benzene ring substituents is 1. The average molecular weight is 308 g/mol. The van der Waals surface area contributed by atoms with Gasteiger partial charge in [-0.05, 0) is 12.1 Å². The van der Waals surface area contributed by atoms with Gasteiger partial charge in [0.05, 0.1) is 4.92 Å². The molecule has 1 unspecified atom stereocenters. The summed E-state index contributed by atoms with van der Waals surface area (Å²) < 4.78 is 0. The van der Waals surface area contributed by atoms with E-state index in [1.54, 1.807) is 12.1 Å². The molecule has 1 rings (SSSR count). The second-order valence-corrected chi connectivity index (χ2v) is 4.54. The van der Waals surface area contributed by atoms with Crippen LogP contribution in [0.1, 0.15) is 0 Å². The highest BCUT2D eigenvalue weighted by Gasteiger charge is 2.06. The van der Waals surface area contributed by atoms with Crippen LogP contribution in [0, 0.1) is 10.1 Å². The van der Waals surface area contributed by atoms with Crippen molar-refractivity contribution in [3.05, 3.63) is 34.4 Å². The molecule has 9 heteroatoms. The summed E-state index contributed by atoms with van der Waals surface area (Å²) in [6, 6.07) is 5.42. The zero-order valence-corrected chi connectivity index (χ0v) is 11.7. The number of nitrogens with zero attached hydrogens (tertiary/aromatic N) is 1. The van der Waals surface area contributed by atoms with Gasteiger partial charge in [0.2, 0.25) is 0 Å². The SMILES string of the molecule is NC(CS)C(=O)O.O=[N+]([O-])c1ccc(SS)cc1. The Kier molecular flexibility index (Phi) is 8.63. The van der Waals surface area contributed by atoms with Crippen LogP contribution in [0.25, 0.3) is 0 Å². The molecule has 1 aromatic carbocycles. The monoisotopic (exact) mass is 308 g/mol. The number of benzene rings is 1. The molecular weight excluding hydrogens is 296 g/mol. The normalized spacial score (nSPS) is 11.1. The largest absolute Gasteiger partial charge is 0.480 e. The number of carbonyl (C=O) groups is 1. The molecule has 0 spiro atoms. The van der Waals surface area contributed by atoms with Gasteiger partial charge in [-0.2, -0.15) is 12.6 Å². The van der Waals surface area contributed by atoms with Gasteiger partial charge in [-0.25, -0.2) is 0 Å². The highest BCUT2D eigenvalue weighted by Crippen LogP contribution is 2.23. The summed E-state index contributed by atoms with van der Waals surface area (Å²) >= 11 is 7.59. The Morgan fingerprint density at radius 1 is 1.50 bits per heavy atom. The number of carboxylic acids is 1. The number of thiol groups is 2. The molecule has 100 valence electrons. The van der Waals surface area contributed by atoms with Crippen LogP contribution < -0.4 is 5.73 Å². The summed E-state index contributed by atoms with van der Waals surface area (Å²) in [7, 11) is 1.26. The first kappa shape index (κ1) is 17.1. The molecule has 0 aliphatic carbocycles. The van der Waals surface area contributed by atoms with Crippen molar-refractivity contribution >= 4 is 46.7 Å². The van der Waals surface area contributed by atoms with Crippen molar-refractivity contribution in [2.45, 2.75) is 10.9 Å². The first-order valence-corrected chi connectivity index (χ1v) is 7.07. The van der Waals surface area contributed by atoms with E-state index in [0.717, 1.165) is 4.90 Å². The molecule has 0 bridgehead atoms. The van der Waals surface area contributed by atoms with Crippen LogP contribution in [0.15, 0.2) is 29.2 Å². The first-order valence-electron chi connectivity index (χ1n) is 4.57. The van der Waals surface area contributed by atoms with Crippen LogP contribution in [0.5, 0.6) is 0 Å². The zero-order chi connectivity index (χ0) is 14.1. The summed E-state index contributed by atoms with van der Waals surface area (Å²) in [6.45, 7) is 0. The Balaban J connectivity index is 0.000000360. The lowest BCUT2D eigenvalue weighted by atomic mass is 10.3. The van der Waals surface area contributed by atoms with Crippen molar-refractivity contribution in [2.75, 3.05) is 5.75 Å². The van der Waals surface area contributed by atoms with E-state index in [4.69, 9.17) is 10.8 Å². The van der Waals surface area contributed by atoms with Gasteiger partial charge in [-0.15, -0.1) is 11.7 Å². The van der Waals surface area contributed by atoms with E-state index in [0.29, 0.717) is 0 Å². The van der Waals surface area contributed by atoms with Gasteiger partial charge < -0.3 is 10.8 Å². The van der Waals surface area contributed by atoms with E-state index in [1.165, 1.54) is 22.9 Å². The van der Waals surface area contributed by atoms with Crippen molar-refractivity contribution in [2.24, 2.45) is 5.73 Å². The van der Waals surface area contributed by atoms with Crippen LogP contribution in [0.4, 0.5) is 5.69 Å². The number of carboxylic acid groups (broad SMARTS) is 1. The van der Waals surface area contributed by atoms with Crippen LogP contribution in [0.2, 0.25) is 0 Å². The van der Waals surface area contributed by atoms with E-state index in [2.05, 4.69) is 24.3 Å². The average Bonchev–Trinajstić information content (AvgIpc) is 2.38. The van der Waals surface area contributed by atoms with Gasteiger partial charge in [0.1, 0.15) is 6.04 Å². The molecule has 0 amide bonds. The lowest BCUT2D eigenvalue weighted by Gasteiger charge is -1.96. The van der Waals surface area contributed by atoms with Crippen LogP contribution in [-0.4, -0.2) is 27.8 Å². The molecular formula is C9H12N2O4S3. The van der Waals surface area contributed by atoms with E-state index in [1.807, 2.05) is 0 Å². The van der Waals surface area contributed by atoms with Gasteiger partial charge in [0.25, 0.3) is 5.69 Å². The lowest BCUT2D eigenvalue weighted by Crippen LogP contribution is -2.31. The minimum atomic E-state index is -1.00. The van der Waals surface area contributed by atoms with Gasteiger partial charge >= 0.3 is 5.97 Å². The lowest BCUT2D eigenvalue weighted by molar-refractivity contribution is -0.384. The molecule has 6 nitrogen and oxygen atoms in total. The third-order valence-corrected chi connectivity index (χ3v) is 3.18. The Bertz CT molecular complexity index is 399. The third kappa shape index (κ3) is 6.74. The molecule has 0 aliphatic heterocycles. The highest BCUT2D eigenvalue weighted by molar-refractivity contribution is 8.68. The Morgan fingerprint density at radius 2 is 2.00 bits per heavy atom.